The van der Waals surface area contributed by atoms with Crippen LogP contribution in [0.4, 0.5) is 0 Å². The second-order valence-electron chi connectivity index (χ2n) is 5.77. The summed E-state index contributed by atoms with van der Waals surface area (Å²) in [5, 5.41) is 6.82. The molecule has 0 amide bonds. The van der Waals surface area contributed by atoms with Crippen LogP contribution >= 0.6 is 24.0 Å². The van der Waals surface area contributed by atoms with Crippen molar-refractivity contribution in [2.45, 2.75) is 58.4 Å². The molecule has 0 unspecified atom stereocenters. The third kappa shape index (κ3) is 9.80. The van der Waals surface area contributed by atoms with Gasteiger partial charge in [0.15, 0.2) is 5.96 Å². The van der Waals surface area contributed by atoms with Crippen LogP contribution in [0.3, 0.4) is 0 Å². The van der Waals surface area contributed by atoms with Gasteiger partial charge in [0.05, 0.1) is 6.61 Å². The highest BCUT2D eigenvalue weighted by molar-refractivity contribution is 14.0. The largest absolute Gasteiger partial charge is 0.380 e. The number of rotatable bonds is 7. The van der Waals surface area contributed by atoms with Gasteiger partial charge in [-0.05, 0) is 25.2 Å². The van der Waals surface area contributed by atoms with Crippen molar-refractivity contribution in [1.29, 1.82) is 0 Å². The minimum absolute atomic E-state index is 0. The van der Waals surface area contributed by atoms with Gasteiger partial charge >= 0.3 is 0 Å². The second-order valence-corrected chi connectivity index (χ2v) is 5.77. The summed E-state index contributed by atoms with van der Waals surface area (Å²) in [7, 11) is 1.83. The van der Waals surface area contributed by atoms with Gasteiger partial charge in [-0.1, -0.05) is 33.1 Å². The van der Waals surface area contributed by atoms with Crippen molar-refractivity contribution in [1.82, 2.24) is 10.6 Å². The molecule has 0 spiro atoms. The molecule has 1 aliphatic carbocycles. The molecule has 1 saturated carbocycles. The Morgan fingerprint density at radius 3 is 2.50 bits per heavy atom. The van der Waals surface area contributed by atoms with Crippen LogP contribution in [0.2, 0.25) is 0 Å². The average molecular weight is 397 g/mol. The number of hydrogen-bond acceptors (Lipinski definition) is 2. The summed E-state index contributed by atoms with van der Waals surface area (Å²) < 4.78 is 5.58. The fraction of sp³-hybridized carbons (Fsp3) is 0.933. The number of nitrogens with zero attached hydrogens (tertiary/aromatic N) is 1. The smallest absolute Gasteiger partial charge is 0.191 e. The topological polar surface area (TPSA) is 45.7 Å². The summed E-state index contributed by atoms with van der Waals surface area (Å²) in [6.45, 7) is 6.87. The first kappa shape index (κ1) is 20.0. The first-order valence-electron chi connectivity index (χ1n) is 7.77. The fourth-order valence-electron chi connectivity index (χ4n) is 2.30. The lowest BCUT2D eigenvalue weighted by Crippen LogP contribution is -2.45. The van der Waals surface area contributed by atoms with Gasteiger partial charge in [0.2, 0.25) is 0 Å². The Kier molecular flexibility index (Phi) is 12.7. The van der Waals surface area contributed by atoms with Gasteiger partial charge < -0.3 is 15.4 Å². The average Bonchev–Trinajstić information content (AvgIpc) is 2.42. The molecule has 1 aliphatic rings. The minimum atomic E-state index is 0. The van der Waals surface area contributed by atoms with Crippen molar-refractivity contribution in [3.8, 4) is 0 Å². The van der Waals surface area contributed by atoms with Gasteiger partial charge in [0.1, 0.15) is 0 Å². The van der Waals surface area contributed by atoms with Crippen LogP contribution in [-0.2, 0) is 4.74 Å². The number of guanidine groups is 1. The maximum atomic E-state index is 5.58. The van der Waals surface area contributed by atoms with E-state index in [9.17, 15) is 0 Å². The van der Waals surface area contributed by atoms with Crippen LogP contribution in [0, 0.1) is 5.92 Å². The molecule has 120 valence electrons. The first-order valence-corrected chi connectivity index (χ1v) is 7.77. The summed E-state index contributed by atoms with van der Waals surface area (Å²) in [6, 6.07) is 0.599. The zero-order valence-corrected chi connectivity index (χ0v) is 15.6. The van der Waals surface area contributed by atoms with E-state index >= 15 is 0 Å². The summed E-state index contributed by atoms with van der Waals surface area (Å²) in [4.78, 5) is 4.27. The molecule has 0 radical (unpaired) electrons. The monoisotopic (exact) mass is 397 g/mol. The molecule has 20 heavy (non-hydrogen) atoms. The third-order valence-corrected chi connectivity index (χ3v) is 3.55. The first-order chi connectivity index (χ1) is 9.22. The highest BCUT2D eigenvalue weighted by atomic mass is 127. The van der Waals surface area contributed by atoms with Crippen LogP contribution in [0.1, 0.15) is 52.4 Å². The van der Waals surface area contributed by atoms with Gasteiger partial charge in [-0.2, -0.15) is 0 Å². The van der Waals surface area contributed by atoms with Crippen molar-refractivity contribution >= 4 is 29.9 Å². The highest BCUT2D eigenvalue weighted by Crippen LogP contribution is 2.17. The zero-order valence-electron chi connectivity index (χ0n) is 13.3. The Bertz CT molecular complexity index is 254. The molecule has 0 aromatic heterocycles. The maximum absolute atomic E-state index is 5.58. The normalized spacial score (nSPS) is 16.9. The van der Waals surface area contributed by atoms with E-state index in [1.165, 1.54) is 32.1 Å². The van der Waals surface area contributed by atoms with Gasteiger partial charge in [-0.25, -0.2) is 0 Å². The predicted octanol–water partition coefficient (Wildman–Crippen LogP) is 3.16. The quantitative estimate of drug-likeness (QED) is 0.300. The molecule has 0 aliphatic heterocycles. The number of aliphatic imine (C=N–C) groups is 1. The van der Waals surface area contributed by atoms with E-state index in [2.05, 4.69) is 29.5 Å². The summed E-state index contributed by atoms with van der Waals surface area (Å²) in [5.41, 5.74) is 0. The van der Waals surface area contributed by atoms with E-state index in [1.807, 2.05) is 7.05 Å². The van der Waals surface area contributed by atoms with E-state index in [1.54, 1.807) is 0 Å². The molecule has 0 heterocycles. The Morgan fingerprint density at radius 1 is 1.20 bits per heavy atom. The van der Waals surface area contributed by atoms with E-state index in [4.69, 9.17) is 4.74 Å². The Balaban J connectivity index is 0.00000361. The number of ether oxygens (including phenoxy) is 1. The third-order valence-electron chi connectivity index (χ3n) is 3.55. The second kappa shape index (κ2) is 12.7. The van der Waals surface area contributed by atoms with Crippen molar-refractivity contribution in [3.05, 3.63) is 0 Å². The Labute approximate surface area is 141 Å². The molecule has 2 N–H and O–H groups in total. The summed E-state index contributed by atoms with van der Waals surface area (Å²) in [5.74, 6) is 1.63. The molecule has 0 aromatic rings. The van der Waals surface area contributed by atoms with E-state index in [-0.39, 0.29) is 24.0 Å². The zero-order chi connectivity index (χ0) is 13.9. The maximum Gasteiger partial charge on any atom is 0.191 e. The Morgan fingerprint density at radius 2 is 1.90 bits per heavy atom. The number of nitrogens with one attached hydrogen (secondary N) is 2. The van der Waals surface area contributed by atoms with Crippen molar-refractivity contribution < 1.29 is 4.74 Å². The minimum Gasteiger partial charge on any atom is -0.380 e. The van der Waals surface area contributed by atoms with Gasteiger partial charge in [0.25, 0.3) is 0 Å². The summed E-state index contributed by atoms with van der Waals surface area (Å²) in [6.07, 6.45) is 7.74. The predicted molar refractivity (Wildman–Crippen MR) is 97.1 cm³/mol. The molecule has 5 heteroatoms. The lowest BCUT2D eigenvalue weighted by Gasteiger charge is -2.24. The van der Waals surface area contributed by atoms with Crippen LogP contribution in [0.5, 0.6) is 0 Å². The van der Waals surface area contributed by atoms with E-state index in [0.717, 1.165) is 32.1 Å². The Hall–Kier alpha value is -0.0400. The number of halogens is 1. The van der Waals surface area contributed by atoms with Gasteiger partial charge in [-0.3, -0.25) is 4.99 Å². The molecule has 0 aromatic carbocycles. The van der Waals surface area contributed by atoms with Crippen LogP contribution in [-0.4, -0.2) is 38.8 Å². The highest BCUT2D eigenvalue weighted by Gasteiger charge is 2.13. The van der Waals surface area contributed by atoms with Crippen molar-refractivity contribution in [3.63, 3.8) is 0 Å². The lowest BCUT2D eigenvalue weighted by molar-refractivity contribution is 0.128. The van der Waals surface area contributed by atoms with Crippen molar-refractivity contribution in [2.24, 2.45) is 10.9 Å². The molecule has 1 fully saturated rings. The standard InChI is InChI=1S/C15H31N3O.HI/c1-13(2)9-11-19-12-10-17-15(16-3)18-14-7-5-4-6-8-14;/h13-14H,4-12H2,1-3H3,(H2,16,17,18);1H. The molecule has 0 atom stereocenters. The lowest BCUT2D eigenvalue weighted by atomic mass is 9.96. The molecular formula is C15H32IN3O. The molecule has 0 bridgehead atoms. The van der Waals surface area contributed by atoms with Gasteiger partial charge in [-0.15, -0.1) is 24.0 Å². The van der Waals surface area contributed by atoms with E-state index in [0.29, 0.717) is 12.0 Å². The van der Waals surface area contributed by atoms with E-state index < -0.39 is 0 Å². The SMILES string of the molecule is CN=C(NCCOCCC(C)C)NC1CCCCC1.I. The summed E-state index contributed by atoms with van der Waals surface area (Å²) >= 11 is 0. The molecule has 4 nitrogen and oxygen atoms in total. The van der Waals surface area contributed by atoms with Crippen LogP contribution < -0.4 is 10.6 Å². The van der Waals surface area contributed by atoms with Crippen LogP contribution in [0.25, 0.3) is 0 Å². The molecule has 1 rings (SSSR count). The number of hydrogen-bond donors (Lipinski definition) is 2. The molecule has 0 saturated heterocycles. The molecular weight excluding hydrogens is 365 g/mol. The fourth-order valence-corrected chi connectivity index (χ4v) is 2.30. The van der Waals surface area contributed by atoms with Crippen molar-refractivity contribution in [2.75, 3.05) is 26.8 Å². The van der Waals surface area contributed by atoms with Gasteiger partial charge in [0, 0.05) is 26.2 Å². The van der Waals surface area contributed by atoms with Crippen LogP contribution in [0.15, 0.2) is 4.99 Å².